The van der Waals surface area contributed by atoms with Gasteiger partial charge in [0, 0.05) is 12.2 Å². The van der Waals surface area contributed by atoms with Crippen molar-refractivity contribution in [2.75, 3.05) is 24.7 Å². The number of amides is 1. The van der Waals surface area contributed by atoms with Gasteiger partial charge in [-0.25, -0.2) is 4.79 Å². The Balaban J connectivity index is 1.82. The first kappa shape index (κ1) is 14.3. The zero-order chi connectivity index (χ0) is 14.8. The Bertz CT molecular complexity index is 576. The van der Waals surface area contributed by atoms with Crippen LogP contribution < -0.4 is 10.2 Å². The van der Waals surface area contributed by atoms with E-state index in [1.165, 1.54) is 11.1 Å². The zero-order valence-electron chi connectivity index (χ0n) is 11.9. The zero-order valence-corrected chi connectivity index (χ0v) is 12.7. The SMILES string of the molecule is CC(=S)NCC1COC(=O)N1c1ccc2c(c1)CCOC2. The molecule has 2 heterocycles. The van der Waals surface area contributed by atoms with Gasteiger partial charge < -0.3 is 14.8 Å². The molecule has 2 aliphatic heterocycles. The molecular weight excluding hydrogens is 288 g/mol. The summed E-state index contributed by atoms with van der Waals surface area (Å²) in [6, 6.07) is 6.02. The fourth-order valence-corrected chi connectivity index (χ4v) is 2.77. The fourth-order valence-electron chi connectivity index (χ4n) is 2.69. The van der Waals surface area contributed by atoms with Gasteiger partial charge in [-0.3, -0.25) is 4.90 Å². The van der Waals surface area contributed by atoms with Crippen molar-refractivity contribution in [2.45, 2.75) is 26.0 Å². The number of cyclic esters (lactones) is 1. The lowest BCUT2D eigenvalue weighted by atomic mass is 10.0. The van der Waals surface area contributed by atoms with Crippen LogP contribution in [0.1, 0.15) is 18.1 Å². The Morgan fingerprint density at radius 2 is 2.33 bits per heavy atom. The third-order valence-electron chi connectivity index (χ3n) is 3.79. The second kappa shape index (κ2) is 5.99. The molecule has 1 unspecified atom stereocenters. The summed E-state index contributed by atoms with van der Waals surface area (Å²) >= 11 is 5.03. The van der Waals surface area contributed by atoms with E-state index in [1.807, 2.05) is 19.1 Å². The minimum absolute atomic E-state index is 0.0340. The van der Waals surface area contributed by atoms with Crippen LogP contribution in [-0.2, 0) is 22.5 Å². The molecule has 0 radical (unpaired) electrons. The van der Waals surface area contributed by atoms with E-state index < -0.39 is 0 Å². The number of thiocarbonyl (C=S) groups is 1. The standard InChI is InChI=1S/C15H18N2O3S/c1-10(21)16-7-14-9-20-15(18)17(14)13-3-2-12-8-19-5-4-11(12)6-13/h2-3,6,14H,4-5,7-9H2,1H3,(H,16,21). The number of hydrogen-bond acceptors (Lipinski definition) is 4. The third kappa shape index (κ3) is 3.01. The predicted octanol–water partition coefficient (Wildman–Crippen LogP) is 2.02. The van der Waals surface area contributed by atoms with Crippen LogP contribution in [0.15, 0.2) is 18.2 Å². The van der Waals surface area contributed by atoms with Gasteiger partial charge in [-0.15, -0.1) is 0 Å². The van der Waals surface area contributed by atoms with Crippen molar-refractivity contribution in [1.29, 1.82) is 0 Å². The van der Waals surface area contributed by atoms with Crippen molar-refractivity contribution in [3.8, 4) is 0 Å². The van der Waals surface area contributed by atoms with E-state index in [0.29, 0.717) is 19.8 Å². The lowest BCUT2D eigenvalue weighted by molar-refractivity contribution is 0.111. The summed E-state index contributed by atoms with van der Waals surface area (Å²) in [7, 11) is 0. The molecule has 0 aromatic heterocycles. The number of fused-ring (bicyclic) bond motifs is 1. The molecule has 112 valence electrons. The first-order valence-corrected chi connectivity index (χ1v) is 7.46. The van der Waals surface area contributed by atoms with Crippen LogP contribution in [0.4, 0.5) is 10.5 Å². The summed E-state index contributed by atoms with van der Waals surface area (Å²) in [5.41, 5.74) is 3.32. The summed E-state index contributed by atoms with van der Waals surface area (Å²) in [4.78, 5) is 14.4. The molecule has 0 spiro atoms. The average molecular weight is 306 g/mol. The van der Waals surface area contributed by atoms with Crippen LogP contribution in [0.25, 0.3) is 0 Å². The van der Waals surface area contributed by atoms with Crippen LogP contribution in [0.2, 0.25) is 0 Å². The summed E-state index contributed by atoms with van der Waals surface area (Å²) in [6.07, 6.45) is 0.587. The van der Waals surface area contributed by atoms with Gasteiger partial charge in [-0.2, -0.15) is 0 Å². The van der Waals surface area contributed by atoms with Crippen molar-refractivity contribution in [3.05, 3.63) is 29.3 Å². The van der Waals surface area contributed by atoms with Crippen LogP contribution in [-0.4, -0.2) is 36.9 Å². The molecular formula is C15H18N2O3S. The van der Waals surface area contributed by atoms with Gasteiger partial charge in [0.25, 0.3) is 0 Å². The predicted molar refractivity (Wildman–Crippen MR) is 83.7 cm³/mol. The molecule has 1 saturated heterocycles. The molecule has 1 N–H and O–H groups in total. The Morgan fingerprint density at radius 1 is 1.48 bits per heavy atom. The van der Waals surface area contributed by atoms with Crippen LogP contribution >= 0.6 is 12.2 Å². The molecule has 1 fully saturated rings. The molecule has 3 rings (SSSR count). The van der Waals surface area contributed by atoms with Crippen molar-refractivity contribution < 1.29 is 14.3 Å². The first-order valence-electron chi connectivity index (χ1n) is 7.05. The largest absolute Gasteiger partial charge is 0.447 e. The van der Waals surface area contributed by atoms with Crippen molar-refractivity contribution in [3.63, 3.8) is 0 Å². The summed E-state index contributed by atoms with van der Waals surface area (Å²) < 4.78 is 10.6. The number of rotatable bonds is 3. The van der Waals surface area contributed by atoms with Gasteiger partial charge in [0.05, 0.1) is 24.2 Å². The summed E-state index contributed by atoms with van der Waals surface area (Å²) in [5, 5.41) is 3.11. The Labute approximate surface area is 129 Å². The molecule has 21 heavy (non-hydrogen) atoms. The van der Waals surface area contributed by atoms with E-state index in [2.05, 4.69) is 11.4 Å². The molecule has 2 aliphatic rings. The van der Waals surface area contributed by atoms with Crippen LogP contribution in [0.5, 0.6) is 0 Å². The number of nitrogens with zero attached hydrogens (tertiary/aromatic N) is 1. The summed E-state index contributed by atoms with van der Waals surface area (Å²) in [6.45, 7) is 4.19. The van der Waals surface area contributed by atoms with E-state index >= 15 is 0 Å². The van der Waals surface area contributed by atoms with E-state index in [9.17, 15) is 4.79 Å². The quantitative estimate of drug-likeness (QED) is 0.866. The Hall–Kier alpha value is -1.66. The number of benzene rings is 1. The molecule has 0 bridgehead atoms. The van der Waals surface area contributed by atoms with Gasteiger partial charge in [-0.05, 0) is 36.6 Å². The highest BCUT2D eigenvalue weighted by Gasteiger charge is 2.34. The van der Waals surface area contributed by atoms with Crippen molar-refractivity contribution in [1.82, 2.24) is 5.32 Å². The topological polar surface area (TPSA) is 50.8 Å². The number of nitrogens with one attached hydrogen (secondary N) is 1. The lowest BCUT2D eigenvalue weighted by Gasteiger charge is -2.24. The molecule has 1 amide bonds. The average Bonchev–Trinajstić information content (AvgIpc) is 2.85. The highest BCUT2D eigenvalue weighted by atomic mass is 32.1. The molecule has 1 aromatic rings. The highest BCUT2D eigenvalue weighted by Crippen LogP contribution is 2.27. The van der Waals surface area contributed by atoms with Gasteiger partial charge >= 0.3 is 6.09 Å². The van der Waals surface area contributed by atoms with E-state index in [0.717, 1.165) is 23.7 Å². The second-order valence-electron chi connectivity index (χ2n) is 5.29. The maximum Gasteiger partial charge on any atom is 0.414 e. The van der Waals surface area contributed by atoms with Crippen LogP contribution in [0.3, 0.4) is 0 Å². The number of carbonyl (C=O) groups is 1. The second-order valence-corrected chi connectivity index (χ2v) is 5.91. The third-order valence-corrected chi connectivity index (χ3v) is 3.93. The summed E-state index contributed by atoms with van der Waals surface area (Å²) in [5.74, 6) is 0. The maximum atomic E-state index is 12.0. The smallest absolute Gasteiger partial charge is 0.414 e. The number of anilines is 1. The Morgan fingerprint density at radius 3 is 3.14 bits per heavy atom. The lowest BCUT2D eigenvalue weighted by Crippen LogP contribution is -2.42. The van der Waals surface area contributed by atoms with E-state index in [4.69, 9.17) is 21.7 Å². The fraction of sp³-hybridized carbons (Fsp3) is 0.467. The number of hydrogen-bond donors (Lipinski definition) is 1. The minimum atomic E-state index is -0.296. The highest BCUT2D eigenvalue weighted by molar-refractivity contribution is 7.80. The molecule has 1 aromatic carbocycles. The maximum absolute atomic E-state index is 12.0. The van der Waals surface area contributed by atoms with Crippen molar-refractivity contribution in [2.24, 2.45) is 0 Å². The molecule has 0 saturated carbocycles. The van der Waals surface area contributed by atoms with Gasteiger partial charge in [0.15, 0.2) is 0 Å². The normalized spacial score (nSPS) is 20.9. The number of ether oxygens (including phenoxy) is 2. The van der Waals surface area contributed by atoms with Crippen molar-refractivity contribution >= 4 is 29.0 Å². The van der Waals surface area contributed by atoms with E-state index in [-0.39, 0.29) is 12.1 Å². The molecule has 0 aliphatic carbocycles. The van der Waals surface area contributed by atoms with Crippen LogP contribution in [0, 0.1) is 0 Å². The van der Waals surface area contributed by atoms with E-state index in [1.54, 1.807) is 4.90 Å². The molecule has 1 atom stereocenters. The Kier molecular flexibility index (Phi) is 4.07. The van der Waals surface area contributed by atoms with Gasteiger partial charge in [-0.1, -0.05) is 18.3 Å². The molecule has 5 nitrogen and oxygen atoms in total. The first-order chi connectivity index (χ1) is 10.1. The minimum Gasteiger partial charge on any atom is -0.447 e. The monoisotopic (exact) mass is 306 g/mol. The van der Waals surface area contributed by atoms with Gasteiger partial charge in [0.1, 0.15) is 6.61 Å². The molecule has 6 heteroatoms. The number of carbonyl (C=O) groups excluding carboxylic acids is 1. The van der Waals surface area contributed by atoms with Gasteiger partial charge in [0.2, 0.25) is 0 Å².